The van der Waals surface area contributed by atoms with E-state index in [0.29, 0.717) is 0 Å². The first kappa shape index (κ1) is 13.0. The van der Waals surface area contributed by atoms with Crippen molar-refractivity contribution in [3.8, 4) is 0 Å². The fourth-order valence-corrected chi connectivity index (χ4v) is 1.32. The molecule has 0 saturated carbocycles. The van der Waals surface area contributed by atoms with Crippen LogP contribution in [0.15, 0.2) is 30.3 Å². The van der Waals surface area contributed by atoms with E-state index in [1.54, 1.807) is 14.1 Å². The molecule has 1 aromatic carbocycles. The Morgan fingerprint density at radius 2 is 1.88 bits per heavy atom. The van der Waals surface area contributed by atoms with Crippen LogP contribution in [0.5, 0.6) is 0 Å². The third-order valence-electron chi connectivity index (χ3n) is 2.34. The van der Waals surface area contributed by atoms with Gasteiger partial charge in [-0.15, -0.1) is 0 Å². The molecule has 0 aliphatic heterocycles. The van der Waals surface area contributed by atoms with E-state index < -0.39 is 11.9 Å². The third kappa shape index (κ3) is 4.14. The molecule has 3 N–H and O–H groups in total. The van der Waals surface area contributed by atoms with Crippen molar-refractivity contribution in [2.45, 2.75) is 12.5 Å². The summed E-state index contributed by atoms with van der Waals surface area (Å²) in [6, 6.07) is 8.50. The molecular weight excluding hydrogens is 218 g/mol. The molecule has 0 fully saturated rings. The Bertz CT molecular complexity index is 390. The zero-order valence-electron chi connectivity index (χ0n) is 10.0. The van der Waals surface area contributed by atoms with Gasteiger partial charge < -0.3 is 16.0 Å². The van der Waals surface area contributed by atoms with Gasteiger partial charge in [-0.05, 0) is 12.1 Å². The van der Waals surface area contributed by atoms with Gasteiger partial charge in [0.15, 0.2) is 0 Å². The molecule has 17 heavy (non-hydrogen) atoms. The summed E-state index contributed by atoms with van der Waals surface area (Å²) in [4.78, 5) is 24.2. The molecule has 0 aliphatic carbocycles. The standard InChI is InChI=1S/C12H17N3O2/c1-15(2)11(16)8-10(12(13)17)14-9-6-4-3-5-7-9/h3-7,10,14H,8H2,1-2H3,(H2,13,17). The van der Waals surface area contributed by atoms with Crippen LogP contribution in [0.4, 0.5) is 5.69 Å². The lowest BCUT2D eigenvalue weighted by molar-refractivity contribution is -0.131. The van der Waals surface area contributed by atoms with Crippen LogP contribution < -0.4 is 11.1 Å². The van der Waals surface area contributed by atoms with E-state index in [2.05, 4.69) is 5.32 Å². The molecule has 0 aromatic heterocycles. The third-order valence-corrected chi connectivity index (χ3v) is 2.34. The Labute approximate surface area is 101 Å². The number of nitrogens with zero attached hydrogens (tertiary/aromatic N) is 1. The van der Waals surface area contributed by atoms with Gasteiger partial charge in [-0.2, -0.15) is 0 Å². The van der Waals surface area contributed by atoms with Gasteiger partial charge in [0.1, 0.15) is 6.04 Å². The van der Waals surface area contributed by atoms with Crippen LogP contribution in [-0.2, 0) is 9.59 Å². The van der Waals surface area contributed by atoms with Gasteiger partial charge in [-0.1, -0.05) is 18.2 Å². The molecule has 1 unspecified atom stereocenters. The van der Waals surface area contributed by atoms with Crippen LogP contribution in [0.25, 0.3) is 0 Å². The average Bonchev–Trinajstić information content (AvgIpc) is 2.29. The van der Waals surface area contributed by atoms with Crippen molar-refractivity contribution in [2.75, 3.05) is 19.4 Å². The van der Waals surface area contributed by atoms with Crippen molar-refractivity contribution in [3.05, 3.63) is 30.3 Å². The summed E-state index contributed by atoms with van der Waals surface area (Å²) < 4.78 is 0. The maximum Gasteiger partial charge on any atom is 0.240 e. The quantitative estimate of drug-likeness (QED) is 0.777. The second-order valence-corrected chi connectivity index (χ2v) is 3.96. The van der Waals surface area contributed by atoms with Crippen LogP contribution in [0.2, 0.25) is 0 Å². The number of hydrogen-bond donors (Lipinski definition) is 2. The molecule has 1 aromatic rings. The highest BCUT2D eigenvalue weighted by atomic mass is 16.2. The van der Waals surface area contributed by atoms with Crippen molar-refractivity contribution in [1.29, 1.82) is 0 Å². The van der Waals surface area contributed by atoms with Gasteiger partial charge in [-0.25, -0.2) is 0 Å². The van der Waals surface area contributed by atoms with Crippen LogP contribution in [0.1, 0.15) is 6.42 Å². The number of nitrogens with two attached hydrogens (primary N) is 1. The monoisotopic (exact) mass is 235 g/mol. The lowest BCUT2D eigenvalue weighted by atomic mass is 10.1. The minimum atomic E-state index is -0.688. The van der Waals surface area contributed by atoms with E-state index in [4.69, 9.17) is 5.73 Å². The molecule has 0 heterocycles. The van der Waals surface area contributed by atoms with Crippen LogP contribution in [-0.4, -0.2) is 36.9 Å². The highest BCUT2D eigenvalue weighted by Crippen LogP contribution is 2.09. The van der Waals surface area contributed by atoms with Crippen LogP contribution in [0.3, 0.4) is 0 Å². The fraction of sp³-hybridized carbons (Fsp3) is 0.333. The molecular formula is C12H17N3O2. The Morgan fingerprint density at radius 1 is 1.29 bits per heavy atom. The fourth-order valence-electron chi connectivity index (χ4n) is 1.32. The highest BCUT2D eigenvalue weighted by Gasteiger charge is 2.20. The molecule has 5 heteroatoms. The number of benzene rings is 1. The van der Waals surface area contributed by atoms with Gasteiger partial charge in [0, 0.05) is 19.8 Å². The van der Waals surface area contributed by atoms with E-state index in [9.17, 15) is 9.59 Å². The number of hydrogen-bond acceptors (Lipinski definition) is 3. The molecule has 0 radical (unpaired) electrons. The van der Waals surface area contributed by atoms with E-state index >= 15 is 0 Å². The first-order chi connectivity index (χ1) is 8.00. The topological polar surface area (TPSA) is 75.4 Å². The first-order valence-corrected chi connectivity index (χ1v) is 5.31. The maximum absolute atomic E-state index is 11.5. The molecule has 0 aliphatic rings. The summed E-state index contributed by atoms with van der Waals surface area (Å²) in [5, 5.41) is 2.94. The van der Waals surface area contributed by atoms with Gasteiger partial charge in [0.05, 0.1) is 6.42 Å². The van der Waals surface area contributed by atoms with E-state index in [0.717, 1.165) is 5.69 Å². The van der Waals surface area contributed by atoms with Crippen molar-refractivity contribution in [1.82, 2.24) is 4.90 Å². The lowest BCUT2D eigenvalue weighted by Crippen LogP contribution is -2.39. The predicted molar refractivity (Wildman–Crippen MR) is 66.4 cm³/mol. The molecule has 2 amide bonds. The molecule has 0 bridgehead atoms. The molecule has 1 rings (SSSR count). The summed E-state index contributed by atoms with van der Waals surface area (Å²) in [6.07, 6.45) is 0.0528. The summed E-state index contributed by atoms with van der Waals surface area (Å²) in [7, 11) is 3.28. The van der Waals surface area contributed by atoms with E-state index in [1.807, 2.05) is 30.3 Å². The SMILES string of the molecule is CN(C)C(=O)CC(Nc1ccccc1)C(N)=O. The number of carbonyl (C=O) groups excluding carboxylic acids is 2. The lowest BCUT2D eigenvalue weighted by Gasteiger charge is -2.18. The molecule has 5 nitrogen and oxygen atoms in total. The number of amides is 2. The second kappa shape index (κ2) is 5.89. The van der Waals surface area contributed by atoms with Crippen molar-refractivity contribution in [2.24, 2.45) is 5.73 Å². The molecule has 92 valence electrons. The summed E-state index contributed by atoms with van der Waals surface area (Å²) >= 11 is 0. The predicted octanol–water partition coefficient (Wildman–Crippen LogP) is 0.431. The van der Waals surface area contributed by atoms with Crippen LogP contribution >= 0.6 is 0 Å². The first-order valence-electron chi connectivity index (χ1n) is 5.31. The number of primary amides is 1. The minimum absolute atomic E-state index is 0.0528. The average molecular weight is 235 g/mol. The normalized spacial score (nSPS) is 11.6. The Kier molecular flexibility index (Phi) is 4.51. The molecule has 0 spiro atoms. The van der Waals surface area contributed by atoms with E-state index in [-0.39, 0.29) is 12.3 Å². The van der Waals surface area contributed by atoms with Crippen molar-refractivity contribution >= 4 is 17.5 Å². The molecule has 1 atom stereocenters. The highest BCUT2D eigenvalue weighted by molar-refractivity contribution is 5.89. The zero-order chi connectivity index (χ0) is 12.8. The Balaban J connectivity index is 2.68. The minimum Gasteiger partial charge on any atom is -0.373 e. The zero-order valence-corrected chi connectivity index (χ0v) is 10.0. The van der Waals surface area contributed by atoms with Gasteiger partial charge in [0.2, 0.25) is 11.8 Å². The largest absolute Gasteiger partial charge is 0.373 e. The molecule has 0 saturated heterocycles. The number of carbonyl (C=O) groups is 2. The number of rotatable bonds is 5. The van der Waals surface area contributed by atoms with E-state index in [1.165, 1.54) is 4.90 Å². The van der Waals surface area contributed by atoms with Crippen LogP contribution in [0, 0.1) is 0 Å². The summed E-state index contributed by atoms with van der Waals surface area (Å²) in [5.41, 5.74) is 6.03. The number of para-hydroxylation sites is 1. The van der Waals surface area contributed by atoms with Crippen molar-refractivity contribution in [3.63, 3.8) is 0 Å². The summed E-state index contributed by atoms with van der Waals surface area (Å²) in [6.45, 7) is 0. The summed E-state index contributed by atoms with van der Waals surface area (Å²) in [5.74, 6) is -0.679. The smallest absolute Gasteiger partial charge is 0.240 e. The maximum atomic E-state index is 11.5. The van der Waals surface area contributed by atoms with Gasteiger partial charge in [0.25, 0.3) is 0 Å². The second-order valence-electron chi connectivity index (χ2n) is 3.96. The number of nitrogens with one attached hydrogen (secondary N) is 1. The van der Waals surface area contributed by atoms with Gasteiger partial charge >= 0.3 is 0 Å². The Hall–Kier alpha value is -2.04. The van der Waals surface area contributed by atoms with Crippen molar-refractivity contribution < 1.29 is 9.59 Å². The van der Waals surface area contributed by atoms with Gasteiger partial charge in [-0.3, -0.25) is 9.59 Å². The number of anilines is 1. The Morgan fingerprint density at radius 3 is 2.35 bits per heavy atom.